The van der Waals surface area contributed by atoms with E-state index in [1.807, 2.05) is 12.1 Å². The molecule has 3 nitrogen and oxygen atoms in total. The van der Waals surface area contributed by atoms with Crippen LogP contribution >= 0.6 is 0 Å². The van der Waals surface area contributed by atoms with Gasteiger partial charge in [-0.1, -0.05) is 24.3 Å². The Morgan fingerprint density at radius 1 is 1.00 bits per heavy atom. The van der Waals surface area contributed by atoms with E-state index in [9.17, 15) is 5.11 Å². The molecule has 0 saturated heterocycles. The van der Waals surface area contributed by atoms with Crippen LogP contribution in [0.15, 0.2) is 48.5 Å². The molecule has 4 heteroatoms. The molecule has 3 aromatic rings. The van der Waals surface area contributed by atoms with E-state index in [2.05, 4.69) is 34.5 Å². The van der Waals surface area contributed by atoms with Gasteiger partial charge in [-0.15, -0.1) is 0 Å². The first-order valence-corrected chi connectivity index (χ1v) is 6.28. The zero-order chi connectivity index (χ0) is 12.8. The summed E-state index contributed by atoms with van der Waals surface area (Å²) in [5.74, 6) is 0.277. The maximum absolute atomic E-state index is 9.36. The fourth-order valence-corrected chi connectivity index (χ4v) is 2.73. The standard InChI is InChI=1S/C16H12N2O.Na.H/c19-12-7-5-10(6-8-12)15-14-9-11-3-1-2-4-13(11)16(14)18-17-15;;/h1-8,19H,9H2,(H,17,18);;. The summed E-state index contributed by atoms with van der Waals surface area (Å²) in [5.41, 5.74) is 6.96. The van der Waals surface area contributed by atoms with E-state index in [4.69, 9.17) is 0 Å². The van der Waals surface area contributed by atoms with Gasteiger partial charge in [0.05, 0.1) is 11.4 Å². The van der Waals surface area contributed by atoms with Crippen LogP contribution in [0.3, 0.4) is 0 Å². The molecule has 1 aliphatic rings. The Hall–Kier alpha value is -1.55. The third-order valence-corrected chi connectivity index (χ3v) is 3.66. The van der Waals surface area contributed by atoms with Crippen molar-refractivity contribution >= 4 is 29.6 Å². The van der Waals surface area contributed by atoms with Crippen molar-refractivity contribution in [3.63, 3.8) is 0 Å². The average molecular weight is 272 g/mol. The minimum atomic E-state index is 0. The molecule has 1 aromatic heterocycles. The van der Waals surface area contributed by atoms with Crippen molar-refractivity contribution in [1.82, 2.24) is 10.2 Å². The van der Waals surface area contributed by atoms with Gasteiger partial charge in [-0.25, -0.2) is 0 Å². The third-order valence-electron chi connectivity index (χ3n) is 3.66. The number of benzene rings is 2. The number of aromatic nitrogens is 2. The molecule has 0 fully saturated rings. The summed E-state index contributed by atoms with van der Waals surface area (Å²) in [7, 11) is 0. The number of fused-ring (bicyclic) bond motifs is 3. The Morgan fingerprint density at radius 3 is 2.55 bits per heavy atom. The average Bonchev–Trinajstić information content (AvgIpc) is 2.98. The summed E-state index contributed by atoms with van der Waals surface area (Å²) in [6.07, 6.45) is 0.915. The van der Waals surface area contributed by atoms with Gasteiger partial charge < -0.3 is 5.11 Å². The van der Waals surface area contributed by atoms with Gasteiger partial charge in [0.15, 0.2) is 0 Å². The third kappa shape index (κ3) is 1.99. The summed E-state index contributed by atoms with van der Waals surface area (Å²) in [6, 6.07) is 15.6. The molecule has 0 amide bonds. The monoisotopic (exact) mass is 272 g/mol. The van der Waals surface area contributed by atoms with E-state index in [-0.39, 0.29) is 35.3 Å². The number of hydrogen-bond donors (Lipinski definition) is 2. The van der Waals surface area contributed by atoms with Crippen LogP contribution in [0.1, 0.15) is 11.1 Å². The SMILES string of the molecule is Oc1ccc(-c2n[nH]c3c2Cc2ccccc2-3)cc1.[NaH]. The van der Waals surface area contributed by atoms with Crippen LogP contribution in [0.4, 0.5) is 0 Å². The van der Waals surface area contributed by atoms with Gasteiger partial charge in [0, 0.05) is 23.1 Å². The topological polar surface area (TPSA) is 48.9 Å². The Balaban J connectivity index is 0.00000121. The number of aromatic amines is 1. The van der Waals surface area contributed by atoms with Crippen LogP contribution in [0.2, 0.25) is 0 Å². The van der Waals surface area contributed by atoms with Crippen molar-refractivity contribution < 1.29 is 5.11 Å². The Bertz CT molecular complexity index is 762. The molecule has 0 spiro atoms. The quantitative estimate of drug-likeness (QED) is 0.523. The van der Waals surface area contributed by atoms with Gasteiger partial charge in [0.1, 0.15) is 5.75 Å². The number of hydrogen-bond acceptors (Lipinski definition) is 2. The van der Waals surface area contributed by atoms with Crippen LogP contribution < -0.4 is 0 Å². The molecule has 20 heavy (non-hydrogen) atoms. The molecule has 1 heterocycles. The summed E-state index contributed by atoms with van der Waals surface area (Å²) in [6.45, 7) is 0. The number of H-pyrrole nitrogens is 1. The van der Waals surface area contributed by atoms with E-state index in [0.717, 1.165) is 23.4 Å². The van der Waals surface area contributed by atoms with E-state index in [1.54, 1.807) is 12.1 Å². The van der Waals surface area contributed by atoms with Crippen molar-refractivity contribution in [2.75, 3.05) is 0 Å². The van der Waals surface area contributed by atoms with Gasteiger partial charge in [-0.05, 0) is 29.8 Å². The van der Waals surface area contributed by atoms with Crippen molar-refractivity contribution in [3.8, 4) is 28.3 Å². The second kappa shape index (κ2) is 5.09. The fraction of sp³-hybridized carbons (Fsp3) is 0.0625. The molecule has 0 atom stereocenters. The second-order valence-corrected chi connectivity index (χ2v) is 4.81. The first-order chi connectivity index (χ1) is 9.33. The van der Waals surface area contributed by atoms with Crippen molar-refractivity contribution in [3.05, 3.63) is 59.7 Å². The van der Waals surface area contributed by atoms with Crippen molar-refractivity contribution in [1.29, 1.82) is 0 Å². The molecule has 4 rings (SSSR count). The molecule has 94 valence electrons. The zero-order valence-electron chi connectivity index (χ0n) is 10.2. The Labute approximate surface area is 139 Å². The summed E-state index contributed by atoms with van der Waals surface area (Å²) < 4.78 is 0. The van der Waals surface area contributed by atoms with Gasteiger partial charge >= 0.3 is 29.6 Å². The number of phenolic OH excluding ortho intramolecular Hbond substituents is 1. The number of phenols is 1. The second-order valence-electron chi connectivity index (χ2n) is 4.81. The van der Waals surface area contributed by atoms with Crippen LogP contribution in [0, 0.1) is 0 Å². The molecule has 0 aliphatic heterocycles. The molecule has 0 saturated carbocycles. The summed E-state index contributed by atoms with van der Waals surface area (Å²) in [5, 5.41) is 16.9. The summed E-state index contributed by atoms with van der Waals surface area (Å²) in [4.78, 5) is 0. The molecular weight excluding hydrogens is 259 g/mol. The minimum absolute atomic E-state index is 0. The molecule has 0 radical (unpaired) electrons. The molecule has 1 aliphatic carbocycles. The fourth-order valence-electron chi connectivity index (χ4n) is 2.73. The van der Waals surface area contributed by atoms with E-state index in [0.29, 0.717) is 0 Å². The molecule has 2 aromatic carbocycles. The van der Waals surface area contributed by atoms with E-state index in [1.165, 1.54) is 16.7 Å². The maximum atomic E-state index is 9.36. The van der Waals surface area contributed by atoms with Crippen LogP contribution in [0.25, 0.3) is 22.5 Å². The molecule has 0 unspecified atom stereocenters. The van der Waals surface area contributed by atoms with Crippen molar-refractivity contribution in [2.24, 2.45) is 0 Å². The van der Waals surface area contributed by atoms with Gasteiger partial charge in [0.25, 0.3) is 0 Å². The number of nitrogens with zero attached hydrogens (tertiary/aromatic N) is 1. The van der Waals surface area contributed by atoms with Crippen molar-refractivity contribution in [2.45, 2.75) is 6.42 Å². The predicted octanol–water partition coefficient (Wildman–Crippen LogP) is 2.71. The van der Waals surface area contributed by atoms with Gasteiger partial charge in [-0.2, -0.15) is 5.10 Å². The predicted molar refractivity (Wildman–Crippen MR) is 81.1 cm³/mol. The molecule has 0 bridgehead atoms. The normalized spacial score (nSPS) is 11.6. The summed E-state index contributed by atoms with van der Waals surface area (Å²) >= 11 is 0. The number of nitrogens with one attached hydrogen (secondary N) is 1. The van der Waals surface area contributed by atoms with E-state index >= 15 is 0 Å². The van der Waals surface area contributed by atoms with Crippen LogP contribution in [-0.2, 0) is 6.42 Å². The Morgan fingerprint density at radius 2 is 1.75 bits per heavy atom. The van der Waals surface area contributed by atoms with Gasteiger partial charge in [0.2, 0.25) is 0 Å². The molecule has 2 N–H and O–H groups in total. The number of aromatic hydroxyl groups is 1. The van der Waals surface area contributed by atoms with Crippen LogP contribution in [0.5, 0.6) is 5.75 Å². The first kappa shape index (κ1) is 13.4. The molecular formula is C16H13N2NaO. The van der Waals surface area contributed by atoms with E-state index < -0.39 is 0 Å². The Kier molecular flexibility index (Phi) is 3.42. The first-order valence-electron chi connectivity index (χ1n) is 6.28. The van der Waals surface area contributed by atoms with Crippen LogP contribution in [-0.4, -0.2) is 44.9 Å². The number of rotatable bonds is 1. The van der Waals surface area contributed by atoms with Gasteiger partial charge in [-0.3, -0.25) is 5.10 Å². The zero-order valence-corrected chi connectivity index (χ0v) is 10.2.